The van der Waals surface area contributed by atoms with Crippen LogP contribution in [0.15, 0.2) is 36.5 Å². The SMILES string of the molecule is COC(=O)c1ccc([C@@H]2CN(CC(F)F)CCN2Cc2c(OC)cc(C)c3c2ccn3C(=O)OC(C)(C)C)cc1NC1CCC1. The van der Waals surface area contributed by atoms with E-state index in [9.17, 15) is 18.4 Å². The van der Waals surface area contributed by atoms with Gasteiger partial charge in [0.25, 0.3) is 6.43 Å². The molecule has 2 aliphatic rings. The molecule has 1 saturated carbocycles. The number of alkyl halides is 2. The third-order valence-electron chi connectivity index (χ3n) is 8.67. The van der Waals surface area contributed by atoms with Gasteiger partial charge in [-0.15, -0.1) is 0 Å². The van der Waals surface area contributed by atoms with Gasteiger partial charge >= 0.3 is 12.1 Å². The second-order valence-electron chi connectivity index (χ2n) is 13.0. The van der Waals surface area contributed by atoms with Crippen molar-refractivity contribution < 1.29 is 32.6 Å². The minimum absolute atomic E-state index is 0.250. The number of methoxy groups -OCH3 is 2. The summed E-state index contributed by atoms with van der Waals surface area (Å²) in [5.41, 5.74) is 3.90. The highest BCUT2D eigenvalue weighted by atomic mass is 19.3. The van der Waals surface area contributed by atoms with Crippen LogP contribution in [0.5, 0.6) is 5.75 Å². The fourth-order valence-corrected chi connectivity index (χ4v) is 6.27. The molecule has 45 heavy (non-hydrogen) atoms. The van der Waals surface area contributed by atoms with Crippen LogP contribution in [0, 0.1) is 6.92 Å². The van der Waals surface area contributed by atoms with Crippen molar-refractivity contribution in [1.29, 1.82) is 0 Å². The van der Waals surface area contributed by atoms with Crippen molar-refractivity contribution in [3.8, 4) is 5.75 Å². The molecule has 1 aliphatic carbocycles. The number of nitrogens with zero attached hydrogens (tertiary/aromatic N) is 3. The first kappa shape index (κ1) is 32.7. The number of benzene rings is 2. The van der Waals surface area contributed by atoms with Crippen LogP contribution in [-0.4, -0.2) is 84.9 Å². The van der Waals surface area contributed by atoms with Gasteiger partial charge in [0.1, 0.15) is 11.4 Å². The molecule has 1 N–H and O–H groups in total. The zero-order chi connectivity index (χ0) is 32.5. The number of nitrogens with one attached hydrogen (secondary N) is 1. The minimum Gasteiger partial charge on any atom is -0.496 e. The largest absolute Gasteiger partial charge is 0.496 e. The monoisotopic (exact) mass is 626 g/mol. The molecule has 1 saturated heterocycles. The fourth-order valence-electron chi connectivity index (χ4n) is 6.27. The fraction of sp³-hybridized carbons (Fsp3) is 0.529. The van der Waals surface area contributed by atoms with Gasteiger partial charge in [0.2, 0.25) is 0 Å². The summed E-state index contributed by atoms with van der Waals surface area (Å²) < 4.78 is 45.2. The van der Waals surface area contributed by atoms with Gasteiger partial charge in [0.15, 0.2) is 0 Å². The number of fused-ring (bicyclic) bond motifs is 1. The Balaban J connectivity index is 1.54. The average molecular weight is 627 g/mol. The molecular weight excluding hydrogens is 582 g/mol. The minimum atomic E-state index is -2.45. The zero-order valence-electron chi connectivity index (χ0n) is 27.0. The molecular formula is C34H44F2N4O5. The smallest absolute Gasteiger partial charge is 0.419 e. The second kappa shape index (κ2) is 13.3. The van der Waals surface area contributed by atoms with Gasteiger partial charge in [0.05, 0.1) is 31.8 Å². The Hall–Kier alpha value is -3.70. The van der Waals surface area contributed by atoms with Crippen molar-refractivity contribution >= 4 is 28.7 Å². The Labute approximate surface area is 263 Å². The lowest BCUT2D eigenvalue weighted by atomic mass is 9.92. The van der Waals surface area contributed by atoms with Gasteiger partial charge in [0, 0.05) is 61.1 Å². The van der Waals surface area contributed by atoms with E-state index in [0.717, 1.165) is 46.9 Å². The van der Waals surface area contributed by atoms with Gasteiger partial charge in [-0.05, 0) is 82.3 Å². The molecule has 1 aliphatic heterocycles. The van der Waals surface area contributed by atoms with Crippen LogP contribution in [-0.2, 0) is 16.0 Å². The van der Waals surface area contributed by atoms with E-state index in [1.165, 1.54) is 11.7 Å². The number of rotatable bonds is 9. The number of esters is 1. The second-order valence-corrected chi connectivity index (χ2v) is 13.0. The molecule has 0 amide bonds. The first-order valence-corrected chi connectivity index (χ1v) is 15.5. The zero-order valence-corrected chi connectivity index (χ0v) is 27.0. The van der Waals surface area contributed by atoms with Crippen LogP contribution < -0.4 is 10.1 Å². The van der Waals surface area contributed by atoms with Crippen LogP contribution in [0.4, 0.5) is 19.3 Å². The number of aryl methyl sites for hydroxylation is 1. The lowest BCUT2D eigenvalue weighted by molar-refractivity contribution is 0.0245. The van der Waals surface area contributed by atoms with Gasteiger partial charge in [-0.3, -0.25) is 14.4 Å². The third-order valence-corrected chi connectivity index (χ3v) is 8.67. The number of hydrogen-bond acceptors (Lipinski definition) is 8. The average Bonchev–Trinajstić information content (AvgIpc) is 3.41. The maximum atomic E-state index is 13.5. The Morgan fingerprint density at radius 2 is 1.84 bits per heavy atom. The molecule has 0 radical (unpaired) electrons. The lowest BCUT2D eigenvalue weighted by Crippen LogP contribution is -2.49. The number of carbonyl (C=O) groups excluding carboxylic acids is 2. The predicted molar refractivity (Wildman–Crippen MR) is 169 cm³/mol. The van der Waals surface area contributed by atoms with E-state index in [4.69, 9.17) is 14.2 Å². The van der Waals surface area contributed by atoms with E-state index >= 15 is 0 Å². The summed E-state index contributed by atoms with van der Waals surface area (Å²) in [6, 6.07) is 9.47. The van der Waals surface area contributed by atoms with Gasteiger partial charge < -0.3 is 19.5 Å². The van der Waals surface area contributed by atoms with Crippen LogP contribution in [0.25, 0.3) is 10.9 Å². The Kier molecular flexibility index (Phi) is 9.69. The first-order chi connectivity index (χ1) is 21.4. The normalized spacial score (nSPS) is 18.2. The molecule has 2 aromatic carbocycles. The predicted octanol–water partition coefficient (Wildman–Crippen LogP) is 6.62. The highest BCUT2D eigenvalue weighted by Gasteiger charge is 2.32. The lowest BCUT2D eigenvalue weighted by Gasteiger charge is -2.42. The molecule has 1 atom stereocenters. The number of carbonyl (C=O) groups is 2. The molecule has 0 bridgehead atoms. The van der Waals surface area contributed by atoms with Crippen LogP contribution in [0.3, 0.4) is 0 Å². The van der Waals surface area contributed by atoms with Crippen molar-refractivity contribution in [1.82, 2.24) is 14.4 Å². The molecule has 9 nitrogen and oxygen atoms in total. The summed E-state index contributed by atoms with van der Waals surface area (Å²) in [6.45, 7) is 8.97. The van der Waals surface area contributed by atoms with Crippen molar-refractivity contribution in [2.24, 2.45) is 0 Å². The van der Waals surface area contributed by atoms with Crippen molar-refractivity contribution in [2.75, 3.05) is 45.7 Å². The van der Waals surface area contributed by atoms with Crippen molar-refractivity contribution in [3.63, 3.8) is 0 Å². The number of halogens is 2. The summed E-state index contributed by atoms with van der Waals surface area (Å²) in [4.78, 5) is 29.8. The molecule has 244 valence electrons. The molecule has 3 aromatic rings. The molecule has 2 heterocycles. The van der Waals surface area contributed by atoms with E-state index in [1.54, 1.807) is 24.3 Å². The van der Waals surface area contributed by atoms with Gasteiger partial charge in [-0.25, -0.2) is 18.4 Å². The Morgan fingerprint density at radius 3 is 2.47 bits per heavy atom. The molecule has 2 fully saturated rings. The summed E-state index contributed by atoms with van der Waals surface area (Å²) in [5.74, 6) is 0.258. The summed E-state index contributed by atoms with van der Waals surface area (Å²) in [7, 11) is 2.98. The van der Waals surface area contributed by atoms with E-state index in [-0.39, 0.29) is 18.6 Å². The topological polar surface area (TPSA) is 85.3 Å². The van der Waals surface area contributed by atoms with E-state index in [1.807, 2.05) is 52.0 Å². The van der Waals surface area contributed by atoms with Crippen LogP contribution in [0.2, 0.25) is 0 Å². The number of ether oxygens (including phenoxy) is 3. The van der Waals surface area contributed by atoms with E-state index in [0.29, 0.717) is 43.2 Å². The van der Waals surface area contributed by atoms with E-state index in [2.05, 4.69) is 10.2 Å². The highest BCUT2D eigenvalue weighted by molar-refractivity contribution is 5.96. The first-order valence-electron chi connectivity index (χ1n) is 15.5. The van der Waals surface area contributed by atoms with Crippen LogP contribution >= 0.6 is 0 Å². The third kappa shape index (κ3) is 7.25. The molecule has 0 spiro atoms. The maximum absolute atomic E-state index is 13.5. The molecule has 5 rings (SSSR count). The van der Waals surface area contributed by atoms with Crippen molar-refractivity contribution in [3.05, 3.63) is 58.8 Å². The highest BCUT2D eigenvalue weighted by Crippen LogP contribution is 2.37. The summed E-state index contributed by atoms with van der Waals surface area (Å²) in [5, 5.41) is 4.37. The quantitative estimate of drug-likeness (QED) is 0.266. The molecule has 11 heteroatoms. The summed E-state index contributed by atoms with van der Waals surface area (Å²) in [6.07, 6.45) is 1.98. The number of aromatic nitrogens is 1. The van der Waals surface area contributed by atoms with Gasteiger partial charge in [-0.1, -0.05) is 6.07 Å². The van der Waals surface area contributed by atoms with Gasteiger partial charge in [-0.2, -0.15) is 0 Å². The Bertz CT molecular complexity index is 1550. The number of anilines is 1. The number of piperazine rings is 1. The van der Waals surface area contributed by atoms with E-state index < -0.39 is 24.1 Å². The standard InChI is InChI=1S/C34H44F2N4O5/c1-21-16-29(43-5)26(24-12-13-40(31(21)24)33(42)45-34(2,3)4)18-39-15-14-38(20-30(35)36)19-28(39)22-10-11-25(32(41)44-6)27(17-22)37-23-8-7-9-23/h10-13,16-17,23,28,30,37H,7-9,14-15,18-20H2,1-6H3/t28-/m0/s1. The van der Waals surface area contributed by atoms with Crippen molar-refractivity contribution in [2.45, 2.75) is 77.6 Å². The Morgan fingerprint density at radius 1 is 1.09 bits per heavy atom. The summed E-state index contributed by atoms with van der Waals surface area (Å²) >= 11 is 0. The number of hydrogen-bond donors (Lipinski definition) is 1. The van der Waals surface area contributed by atoms with Crippen LogP contribution in [0.1, 0.15) is 73.1 Å². The molecule has 0 unspecified atom stereocenters. The molecule has 1 aromatic heterocycles. The maximum Gasteiger partial charge on any atom is 0.419 e.